The average Bonchev–Trinajstić information content (AvgIpc) is 2.12. The molecule has 2 aromatic rings. The molecule has 13 heavy (non-hydrogen) atoms. The molecule has 0 amide bonds. The summed E-state index contributed by atoms with van der Waals surface area (Å²) in [5.74, 6) is 0. The van der Waals surface area contributed by atoms with Crippen molar-refractivity contribution in [1.82, 2.24) is 4.98 Å². The number of hydrogen-bond donors (Lipinski definition) is 0. The van der Waals surface area contributed by atoms with E-state index < -0.39 is 0 Å². The standard InChI is InChI=1S/C11H10ClN/c1-7-3-4-9-8(2)10(12)5-6-11(9)13-7/h3-6H,1-2H3. The third-order valence-corrected chi connectivity index (χ3v) is 2.62. The van der Waals surface area contributed by atoms with Gasteiger partial charge in [-0.1, -0.05) is 17.7 Å². The van der Waals surface area contributed by atoms with Gasteiger partial charge in [-0.25, -0.2) is 0 Å². The highest BCUT2D eigenvalue weighted by Crippen LogP contribution is 2.23. The fraction of sp³-hybridized carbons (Fsp3) is 0.182. The second-order valence-corrected chi connectivity index (χ2v) is 3.60. The van der Waals surface area contributed by atoms with E-state index in [0.29, 0.717) is 0 Å². The van der Waals surface area contributed by atoms with E-state index in [0.717, 1.165) is 27.2 Å². The third kappa shape index (κ3) is 1.40. The number of aromatic nitrogens is 1. The zero-order valence-corrected chi connectivity index (χ0v) is 8.39. The van der Waals surface area contributed by atoms with Gasteiger partial charge in [0.1, 0.15) is 0 Å². The van der Waals surface area contributed by atoms with Crippen molar-refractivity contribution in [2.24, 2.45) is 0 Å². The summed E-state index contributed by atoms with van der Waals surface area (Å²) in [6, 6.07) is 7.92. The van der Waals surface area contributed by atoms with Crippen LogP contribution in [0.15, 0.2) is 24.3 Å². The number of nitrogens with zero attached hydrogens (tertiary/aromatic N) is 1. The Hall–Kier alpha value is -1.08. The predicted molar refractivity (Wildman–Crippen MR) is 56.2 cm³/mol. The van der Waals surface area contributed by atoms with E-state index in [4.69, 9.17) is 11.6 Å². The lowest BCUT2D eigenvalue weighted by Crippen LogP contribution is -1.85. The van der Waals surface area contributed by atoms with Crippen molar-refractivity contribution >= 4 is 22.5 Å². The molecule has 2 rings (SSSR count). The SMILES string of the molecule is Cc1ccc2c(C)c(Cl)ccc2n1. The quantitative estimate of drug-likeness (QED) is 0.621. The molecule has 0 aliphatic heterocycles. The largest absolute Gasteiger partial charge is 0.253 e. The fourth-order valence-electron chi connectivity index (χ4n) is 1.43. The Bertz CT molecular complexity index is 463. The van der Waals surface area contributed by atoms with Gasteiger partial charge in [-0.05, 0) is 37.6 Å². The monoisotopic (exact) mass is 191 g/mol. The zero-order chi connectivity index (χ0) is 9.42. The smallest absolute Gasteiger partial charge is 0.0708 e. The molecular weight excluding hydrogens is 182 g/mol. The number of fused-ring (bicyclic) bond motifs is 1. The summed E-state index contributed by atoms with van der Waals surface area (Å²) in [6.07, 6.45) is 0. The molecule has 0 N–H and O–H groups in total. The van der Waals surface area contributed by atoms with E-state index in [1.54, 1.807) is 0 Å². The summed E-state index contributed by atoms with van der Waals surface area (Å²) >= 11 is 6.00. The van der Waals surface area contributed by atoms with Gasteiger partial charge in [-0.3, -0.25) is 4.98 Å². The molecule has 0 atom stereocenters. The van der Waals surface area contributed by atoms with Crippen LogP contribution in [0.2, 0.25) is 5.02 Å². The number of hydrogen-bond acceptors (Lipinski definition) is 1. The summed E-state index contributed by atoms with van der Waals surface area (Å²) in [5.41, 5.74) is 3.16. The van der Waals surface area contributed by atoms with Gasteiger partial charge >= 0.3 is 0 Å². The Morgan fingerprint density at radius 2 is 1.85 bits per heavy atom. The molecule has 1 heterocycles. The fourth-order valence-corrected chi connectivity index (χ4v) is 1.59. The van der Waals surface area contributed by atoms with Crippen molar-refractivity contribution in [3.05, 3.63) is 40.5 Å². The molecule has 0 saturated carbocycles. The maximum Gasteiger partial charge on any atom is 0.0708 e. The first-order chi connectivity index (χ1) is 6.18. The Balaban J connectivity index is 2.87. The molecule has 0 aliphatic carbocycles. The van der Waals surface area contributed by atoms with Crippen molar-refractivity contribution in [2.45, 2.75) is 13.8 Å². The highest BCUT2D eigenvalue weighted by Gasteiger charge is 2.01. The van der Waals surface area contributed by atoms with E-state index in [1.807, 2.05) is 32.0 Å². The second-order valence-electron chi connectivity index (χ2n) is 3.19. The van der Waals surface area contributed by atoms with E-state index in [9.17, 15) is 0 Å². The van der Waals surface area contributed by atoms with Gasteiger partial charge < -0.3 is 0 Å². The Morgan fingerprint density at radius 1 is 1.08 bits per heavy atom. The van der Waals surface area contributed by atoms with Gasteiger partial charge in [0.25, 0.3) is 0 Å². The van der Waals surface area contributed by atoms with E-state index in [1.165, 1.54) is 0 Å². The summed E-state index contributed by atoms with van der Waals surface area (Å²) in [4.78, 5) is 4.42. The maximum absolute atomic E-state index is 6.00. The number of aryl methyl sites for hydroxylation is 2. The van der Waals surface area contributed by atoms with Crippen molar-refractivity contribution in [3.8, 4) is 0 Å². The lowest BCUT2D eigenvalue weighted by molar-refractivity contribution is 1.25. The topological polar surface area (TPSA) is 12.9 Å². The minimum absolute atomic E-state index is 0.804. The van der Waals surface area contributed by atoms with Crippen molar-refractivity contribution in [3.63, 3.8) is 0 Å². The van der Waals surface area contributed by atoms with Crippen LogP contribution in [-0.2, 0) is 0 Å². The molecule has 0 bridgehead atoms. The molecule has 1 nitrogen and oxygen atoms in total. The van der Waals surface area contributed by atoms with Crippen molar-refractivity contribution in [2.75, 3.05) is 0 Å². The summed E-state index contributed by atoms with van der Waals surface area (Å²) in [7, 11) is 0. The van der Waals surface area contributed by atoms with E-state index in [-0.39, 0.29) is 0 Å². The van der Waals surface area contributed by atoms with Crippen LogP contribution in [0, 0.1) is 13.8 Å². The summed E-state index contributed by atoms with van der Waals surface area (Å²) in [6.45, 7) is 4.01. The normalized spacial score (nSPS) is 10.7. The Kier molecular flexibility index (Phi) is 1.97. The van der Waals surface area contributed by atoms with Crippen LogP contribution >= 0.6 is 11.6 Å². The van der Waals surface area contributed by atoms with E-state index in [2.05, 4.69) is 11.1 Å². The zero-order valence-electron chi connectivity index (χ0n) is 7.63. The van der Waals surface area contributed by atoms with Gasteiger partial charge in [0.05, 0.1) is 5.52 Å². The highest BCUT2D eigenvalue weighted by atomic mass is 35.5. The molecule has 1 aromatic carbocycles. The van der Waals surface area contributed by atoms with Crippen LogP contribution in [0.5, 0.6) is 0 Å². The van der Waals surface area contributed by atoms with Gasteiger partial charge in [0, 0.05) is 16.1 Å². The number of benzene rings is 1. The average molecular weight is 192 g/mol. The molecule has 0 spiro atoms. The maximum atomic E-state index is 6.00. The van der Waals surface area contributed by atoms with Crippen LogP contribution < -0.4 is 0 Å². The molecule has 0 unspecified atom stereocenters. The second kappa shape index (κ2) is 3.00. The molecule has 0 fully saturated rings. The van der Waals surface area contributed by atoms with Gasteiger partial charge in [-0.15, -0.1) is 0 Å². The number of halogens is 1. The van der Waals surface area contributed by atoms with E-state index >= 15 is 0 Å². The Labute approximate surface area is 82.4 Å². The minimum Gasteiger partial charge on any atom is -0.253 e. The van der Waals surface area contributed by atoms with Crippen LogP contribution in [0.3, 0.4) is 0 Å². The van der Waals surface area contributed by atoms with Gasteiger partial charge in [-0.2, -0.15) is 0 Å². The van der Waals surface area contributed by atoms with Crippen molar-refractivity contribution in [1.29, 1.82) is 0 Å². The summed E-state index contributed by atoms with van der Waals surface area (Å²) < 4.78 is 0. The molecule has 66 valence electrons. The molecule has 0 aliphatic rings. The molecule has 0 radical (unpaired) electrons. The lowest BCUT2D eigenvalue weighted by atomic mass is 10.1. The number of pyridine rings is 1. The lowest BCUT2D eigenvalue weighted by Gasteiger charge is -2.03. The number of rotatable bonds is 0. The molecule has 2 heteroatoms. The van der Waals surface area contributed by atoms with Crippen LogP contribution in [0.4, 0.5) is 0 Å². The predicted octanol–water partition coefficient (Wildman–Crippen LogP) is 3.51. The van der Waals surface area contributed by atoms with Crippen LogP contribution in [0.25, 0.3) is 10.9 Å². The molecule has 1 aromatic heterocycles. The highest BCUT2D eigenvalue weighted by molar-refractivity contribution is 6.32. The first-order valence-corrected chi connectivity index (χ1v) is 4.59. The Morgan fingerprint density at radius 3 is 2.62 bits per heavy atom. The summed E-state index contributed by atoms with van der Waals surface area (Å²) in [5, 5.41) is 1.94. The molecular formula is C11H10ClN. The third-order valence-electron chi connectivity index (χ3n) is 2.21. The van der Waals surface area contributed by atoms with Gasteiger partial charge in [0.2, 0.25) is 0 Å². The minimum atomic E-state index is 0.804. The first-order valence-electron chi connectivity index (χ1n) is 4.21. The van der Waals surface area contributed by atoms with Crippen LogP contribution in [0.1, 0.15) is 11.3 Å². The van der Waals surface area contributed by atoms with Crippen molar-refractivity contribution < 1.29 is 0 Å². The molecule has 0 saturated heterocycles. The first kappa shape index (κ1) is 8.52. The van der Waals surface area contributed by atoms with Gasteiger partial charge in [0.15, 0.2) is 0 Å². The van der Waals surface area contributed by atoms with Crippen LogP contribution in [-0.4, -0.2) is 4.98 Å².